The zero-order chi connectivity index (χ0) is 13.1. The summed E-state index contributed by atoms with van der Waals surface area (Å²) in [4.78, 5) is 3.35. The van der Waals surface area contributed by atoms with Crippen molar-refractivity contribution in [1.29, 1.82) is 0 Å². The Balaban J connectivity index is 2.83. The molecule has 0 spiro atoms. The van der Waals surface area contributed by atoms with Crippen LogP contribution in [-0.4, -0.2) is 30.7 Å². The summed E-state index contributed by atoms with van der Waals surface area (Å²) in [6, 6.07) is 3.42. The molecule has 98 valence electrons. The largest absolute Gasteiger partial charge is 0.401 e. The van der Waals surface area contributed by atoms with Crippen molar-refractivity contribution in [2.75, 3.05) is 19.6 Å². The van der Waals surface area contributed by atoms with E-state index in [1.807, 2.05) is 19.1 Å². The Hall–Kier alpha value is -0.590. The van der Waals surface area contributed by atoms with Crippen molar-refractivity contribution < 1.29 is 13.2 Å². The van der Waals surface area contributed by atoms with Gasteiger partial charge in [-0.1, -0.05) is 6.92 Å². The lowest BCUT2D eigenvalue weighted by Gasteiger charge is -2.29. The molecule has 2 nitrogen and oxygen atoms in total. The first-order chi connectivity index (χ1) is 7.87. The van der Waals surface area contributed by atoms with E-state index in [1.54, 1.807) is 6.92 Å². The van der Waals surface area contributed by atoms with E-state index in [4.69, 9.17) is 5.73 Å². The molecule has 0 radical (unpaired) electrons. The highest BCUT2D eigenvalue weighted by Gasteiger charge is 2.33. The molecule has 0 aliphatic rings. The quantitative estimate of drug-likeness (QED) is 0.888. The van der Waals surface area contributed by atoms with Crippen LogP contribution in [0.4, 0.5) is 13.2 Å². The molecule has 1 aromatic heterocycles. The molecule has 1 rings (SSSR count). The number of likely N-dealkylation sites (N-methyl/N-ethyl adjacent to an activating group) is 1. The lowest BCUT2D eigenvalue weighted by atomic mass is 10.2. The molecule has 0 amide bonds. The molecule has 0 saturated carbocycles. The van der Waals surface area contributed by atoms with Crippen LogP contribution in [-0.2, 0) is 0 Å². The molecule has 2 N–H and O–H groups in total. The summed E-state index contributed by atoms with van der Waals surface area (Å²) >= 11 is 1.50. The molecule has 0 aromatic carbocycles. The van der Waals surface area contributed by atoms with Crippen molar-refractivity contribution in [1.82, 2.24) is 4.90 Å². The summed E-state index contributed by atoms with van der Waals surface area (Å²) in [6.07, 6.45) is -4.18. The van der Waals surface area contributed by atoms with E-state index in [0.29, 0.717) is 6.54 Å². The highest BCUT2D eigenvalue weighted by Crippen LogP contribution is 2.29. The Kier molecular flexibility index (Phi) is 4.97. The maximum atomic E-state index is 12.4. The molecule has 1 atom stereocenters. The van der Waals surface area contributed by atoms with E-state index in [9.17, 15) is 13.2 Å². The second-order valence-electron chi connectivity index (χ2n) is 3.88. The van der Waals surface area contributed by atoms with Crippen LogP contribution in [0, 0.1) is 6.92 Å². The van der Waals surface area contributed by atoms with Gasteiger partial charge in [-0.2, -0.15) is 13.2 Å². The fraction of sp³-hybridized carbons (Fsp3) is 0.636. The number of rotatable bonds is 5. The lowest BCUT2D eigenvalue weighted by molar-refractivity contribution is -0.150. The maximum absolute atomic E-state index is 12.4. The Bertz CT molecular complexity index is 349. The topological polar surface area (TPSA) is 29.3 Å². The van der Waals surface area contributed by atoms with Gasteiger partial charge >= 0.3 is 6.18 Å². The summed E-state index contributed by atoms with van der Waals surface area (Å²) in [5.74, 6) is 0. The van der Waals surface area contributed by atoms with Crippen molar-refractivity contribution in [3.05, 3.63) is 21.9 Å². The number of alkyl halides is 3. The second kappa shape index (κ2) is 5.84. The number of nitrogens with two attached hydrogens (primary N) is 1. The highest BCUT2D eigenvalue weighted by molar-refractivity contribution is 7.12. The average Bonchev–Trinajstić information content (AvgIpc) is 2.62. The fourth-order valence-electron chi connectivity index (χ4n) is 1.75. The van der Waals surface area contributed by atoms with Gasteiger partial charge in [-0.05, 0) is 25.6 Å². The zero-order valence-electron chi connectivity index (χ0n) is 9.92. The van der Waals surface area contributed by atoms with Crippen molar-refractivity contribution in [3.8, 4) is 0 Å². The summed E-state index contributed by atoms with van der Waals surface area (Å²) < 4.78 is 37.3. The van der Waals surface area contributed by atoms with E-state index in [0.717, 1.165) is 9.75 Å². The van der Waals surface area contributed by atoms with Gasteiger partial charge in [-0.15, -0.1) is 11.3 Å². The third-order valence-corrected chi connectivity index (χ3v) is 3.64. The van der Waals surface area contributed by atoms with Crippen molar-refractivity contribution in [2.45, 2.75) is 26.1 Å². The van der Waals surface area contributed by atoms with Crippen LogP contribution in [0.3, 0.4) is 0 Å². The van der Waals surface area contributed by atoms with Crippen molar-refractivity contribution in [2.24, 2.45) is 5.73 Å². The molecular formula is C11H17F3N2S. The van der Waals surface area contributed by atoms with Crippen LogP contribution in [0.2, 0.25) is 0 Å². The SMILES string of the molecule is CCN(CC(F)(F)F)C(CN)c1ccc(C)s1. The first-order valence-corrected chi connectivity index (χ1v) is 6.26. The third kappa shape index (κ3) is 4.29. The van der Waals surface area contributed by atoms with Crippen LogP contribution in [0.5, 0.6) is 0 Å². The van der Waals surface area contributed by atoms with Gasteiger partial charge in [0.1, 0.15) is 0 Å². The molecule has 1 aromatic rings. The monoisotopic (exact) mass is 266 g/mol. The first-order valence-electron chi connectivity index (χ1n) is 5.44. The molecule has 17 heavy (non-hydrogen) atoms. The Morgan fingerprint density at radius 3 is 2.41 bits per heavy atom. The molecule has 0 aliphatic heterocycles. The number of thiophene rings is 1. The molecule has 0 bridgehead atoms. The molecule has 0 fully saturated rings. The molecule has 1 heterocycles. The summed E-state index contributed by atoms with van der Waals surface area (Å²) in [5.41, 5.74) is 5.61. The van der Waals surface area contributed by atoms with Gasteiger partial charge in [0.2, 0.25) is 0 Å². The minimum Gasteiger partial charge on any atom is -0.329 e. The van der Waals surface area contributed by atoms with Gasteiger partial charge in [0.25, 0.3) is 0 Å². The van der Waals surface area contributed by atoms with Gasteiger partial charge in [-0.25, -0.2) is 0 Å². The van der Waals surface area contributed by atoms with Gasteiger partial charge < -0.3 is 5.73 Å². The van der Waals surface area contributed by atoms with Gasteiger partial charge in [0.05, 0.1) is 12.6 Å². The fourth-order valence-corrected chi connectivity index (χ4v) is 2.78. The Morgan fingerprint density at radius 2 is 2.06 bits per heavy atom. The first kappa shape index (κ1) is 14.5. The van der Waals surface area contributed by atoms with Gasteiger partial charge in [0, 0.05) is 16.3 Å². The number of nitrogens with zero attached hydrogens (tertiary/aromatic N) is 1. The highest BCUT2D eigenvalue weighted by atomic mass is 32.1. The van der Waals surface area contributed by atoms with Gasteiger partial charge in [0.15, 0.2) is 0 Å². The standard InChI is InChI=1S/C11H17F3N2S/c1-3-16(7-11(12,13)14)9(6-15)10-5-4-8(2)17-10/h4-5,9H,3,6-7,15H2,1-2H3. The third-order valence-electron chi connectivity index (χ3n) is 2.54. The van der Waals surface area contributed by atoms with E-state index in [-0.39, 0.29) is 12.6 Å². The van der Waals surface area contributed by atoms with Crippen LogP contribution in [0.1, 0.15) is 22.7 Å². The molecule has 0 saturated heterocycles. The minimum absolute atomic E-state index is 0.198. The van der Waals surface area contributed by atoms with Gasteiger partial charge in [-0.3, -0.25) is 4.90 Å². The smallest absolute Gasteiger partial charge is 0.329 e. The predicted molar refractivity (Wildman–Crippen MR) is 64.2 cm³/mol. The Labute approximate surface area is 103 Å². The molecule has 1 unspecified atom stereocenters. The number of hydrogen-bond acceptors (Lipinski definition) is 3. The minimum atomic E-state index is -4.18. The number of aryl methyl sites for hydroxylation is 1. The normalized spacial score (nSPS) is 14.3. The van der Waals surface area contributed by atoms with Crippen LogP contribution >= 0.6 is 11.3 Å². The second-order valence-corrected chi connectivity index (χ2v) is 5.20. The van der Waals surface area contributed by atoms with Crippen LogP contribution in [0.25, 0.3) is 0 Å². The molecule has 0 aliphatic carbocycles. The summed E-state index contributed by atoms with van der Waals surface area (Å²) in [6.45, 7) is 3.27. The van der Waals surface area contributed by atoms with E-state index >= 15 is 0 Å². The van der Waals surface area contributed by atoms with E-state index in [1.165, 1.54) is 16.2 Å². The average molecular weight is 266 g/mol. The van der Waals surface area contributed by atoms with E-state index in [2.05, 4.69) is 0 Å². The maximum Gasteiger partial charge on any atom is 0.401 e. The number of halogens is 3. The molecular weight excluding hydrogens is 249 g/mol. The lowest BCUT2D eigenvalue weighted by Crippen LogP contribution is -2.39. The zero-order valence-corrected chi connectivity index (χ0v) is 10.7. The predicted octanol–water partition coefficient (Wildman–Crippen LogP) is 2.94. The van der Waals surface area contributed by atoms with Crippen LogP contribution < -0.4 is 5.73 Å². The van der Waals surface area contributed by atoms with Crippen molar-refractivity contribution >= 4 is 11.3 Å². The summed E-state index contributed by atoms with van der Waals surface area (Å²) in [5, 5.41) is 0. The Morgan fingerprint density at radius 1 is 1.41 bits per heavy atom. The van der Waals surface area contributed by atoms with Crippen LogP contribution in [0.15, 0.2) is 12.1 Å². The summed E-state index contributed by atoms with van der Waals surface area (Å²) in [7, 11) is 0. The van der Waals surface area contributed by atoms with E-state index < -0.39 is 12.7 Å². The molecule has 6 heteroatoms. The van der Waals surface area contributed by atoms with Crippen molar-refractivity contribution in [3.63, 3.8) is 0 Å². The number of hydrogen-bond donors (Lipinski definition) is 1.